The van der Waals surface area contributed by atoms with E-state index >= 15 is 0 Å². The van der Waals surface area contributed by atoms with Gasteiger partial charge in [0.25, 0.3) is 0 Å². The zero-order valence-electron chi connectivity index (χ0n) is 10.1. The van der Waals surface area contributed by atoms with Crippen molar-refractivity contribution in [2.75, 3.05) is 6.54 Å². The molecule has 1 aliphatic carbocycles. The minimum atomic E-state index is -3.49. The van der Waals surface area contributed by atoms with Gasteiger partial charge in [-0.25, -0.2) is 13.1 Å². The second-order valence-corrected chi connectivity index (χ2v) is 6.49. The van der Waals surface area contributed by atoms with Crippen LogP contribution in [0, 0.1) is 6.92 Å². The molecule has 1 saturated carbocycles. The monoisotopic (exact) mass is 258 g/mol. The fourth-order valence-electron chi connectivity index (χ4n) is 1.87. The van der Waals surface area contributed by atoms with Crippen molar-refractivity contribution in [1.82, 2.24) is 14.5 Å². The Morgan fingerprint density at radius 2 is 2.24 bits per heavy atom. The van der Waals surface area contributed by atoms with Crippen LogP contribution in [0.3, 0.4) is 0 Å². The topological polar surface area (TPSA) is 90.0 Å². The van der Waals surface area contributed by atoms with Crippen molar-refractivity contribution < 1.29 is 8.42 Å². The lowest BCUT2D eigenvalue weighted by Crippen LogP contribution is -2.54. The van der Waals surface area contributed by atoms with E-state index in [0.717, 1.165) is 19.3 Å². The SMILES string of the molecule is Cc1c(S(=O)(=O)NCC2(N)CCC2)cnn1C. The van der Waals surface area contributed by atoms with Gasteiger partial charge in [0.05, 0.1) is 11.9 Å². The normalized spacial score (nSPS) is 19.0. The number of nitrogens with zero attached hydrogens (tertiary/aromatic N) is 2. The molecule has 0 unspecified atom stereocenters. The first kappa shape index (κ1) is 12.5. The Hall–Kier alpha value is -0.920. The minimum absolute atomic E-state index is 0.225. The molecule has 1 aliphatic rings. The van der Waals surface area contributed by atoms with E-state index < -0.39 is 10.0 Å². The van der Waals surface area contributed by atoms with Crippen LogP contribution in [0.2, 0.25) is 0 Å². The first-order valence-electron chi connectivity index (χ1n) is 5.61. The molecule has 7 heteroatoms. The van der Waals surface area contributed by atoms with Crippen LogP contribution >= 0.6 is 0 Å². The van der Waals surface area contributed by atoms with Crippen molar-refractivity contribution in [2.24, 2.45) is 12.8 Å². The molecule has 1 aromatic heterocycles. The van der Waals surface area contributed by atoms with Gasteiger partial charge in [-0.05, 0) is 26.2 Å². The lowest BCUT2D eigenvalue weighted by molar-refractivity contribution is 0.251. The third kappa shape index (κ3) is 2.36. The predicted octanol–water partition coefficient (Wildman–Crippen LogP) is -0.112. The second-order valence-electron chi connectivity index (χ2n) is 4.76. The zero-order valence-corrected chi connectivity index (χ0v) is 10.9. The molecular weight excluding hydrogens is 240 g/mol. The Bertz CT molecular complexity index is 516. The van der Waals surface area contributed by atoms with Gasteiger partial charge in [-0.3, -0.25) is 4.68 Å². The van der Waals surface area contributed by atoms with Gasteiger partial charge in [0.15, 0.2) is 0 Å². The highest BCUT2D eigenvalue weighted by Gasteiger charge is 2.34. The molecule has 0 aromatic carbocycles. The minimum Gasteiger partial charge on any atom is -0.324 e. The largest absolute Gasteiger partial charge is 0.324 e. The number of rotatable bonds is 4. The van der Waals surface area contributed by atoms with E-state index in [2.05, 4.69) is 9.82 Å². The maximum absolute atomic E-state index is 12.0. The maximum atomic E-state index is 12.0. The van der Waals surface area contributed by atoms with Crippen LogP contribution in [0.1, 0.15) is 25.0 Å². The van der Waals surface area contributed by atoms with Crippen molar-refractivity contribution in [3.63, 3.8) is 0 Å². The summed E-state index contributed by atoms with van der Waals surface area (Å²) in [6.45, 7) is 2.02. The van der Waals surface area contributed by atoms with Crippen LogP contribution in [-0.4, -0.2) is 30.3 Å². The molecule has 1 heterocycles. The first-order valence-corrected chi connectivity index (χ1v) is 7.10. The van der Waals surface area contributed by atoms with Gasteiger partial charge in [-0.1, -0.05) is 0 Å². The smallest absolute Gasteiger partial charge is 0.244 e. The molecule has 0 spiro atoms. The molecule has 6 nitrogen and oxygen atoms in total. The van der Waals surface area contributed by atoms with Crippen LogP contribution in [0.15, 0.2) is 11.1 Å². The summed E-state index contributed by atoms with van der Waals surface area (Å²) in [6, 6.07) is 0. The van der Waals surface area contributed by atoms with Crippen molar-refractivity contribution in [3.05, 3.63) is 11.9 Å². The lowest BCUT2D eigenvalue weighted by atomic mass is 9.78. The molecular formula is C10H18N4O2S. The maximum Gasteiger partial charge on any atom is 0.244 e. The summed E-state index contributed by atoms with van der Waals surface area (Å²) < 4.78 is 28.2. The van der Waals surface area contributed by atoms with E-state index in [4.69, 9.17) is 5.73 Å². The van der Waals surface area contributed by atoms with Gasteiger partial charge in [-0.2, -0.15) is 5.10 Å². The van der Waals surface area contributed by atoms with Crippen LogP contribution in [0.4, 0.5) is 0 Å². The van der Waals surface area contributed by atoms with Crippen molar-refractivity contribution in [1.29, 1.82) is 0 Å². The average Bonchev–Trinajstić information content (AvgIpc) is 2.55. The Morgan fingerprint density at radius 1 is 1.59 bits per heavy atom. The highest BCUT2D eigenvalue weighted by molar-refractivity contribution is 7.89. The zero-order chi connectivity index (χ0) is 12.7. The van der Waals surface area contributed by atoms with E-state index in [1.54, 1.807) is 14.0 Å². The summed E-state index contributed by atoms with van der Waals surface area (Å²) >= 11 is 0. The molecule has 0 saturated heterocycles. The first-order chi connectivity index (χ1) is 7.84. The third-order valence-electron chi connectivity index (χ3n) is 3.44. The number of aromatic nitrogens is 2. The number of sulfonamides is 1. The lowest BCUT2D eigenvalue weighted by Gasteiger charge is -2.37. The van der Waals surface area contributed by atoms with E-state index in [1.807, 2.05) is 0 Å². The van der Waals surface area contributed by atoms with E-state index in [1.165, 1.54) is 10.9 Å². The number of hydrogen-bond donors (Lipinski definition) is 2. The molecule has 17 heavy (non-hydrogen) atoms. The van der Waals surface area contributed by atoms with Gasteiger partial charge in [-0.15, -0.1) is 0 Å². The van der Waals surface area contributed by atoms with Crippen LogP contribution in [0.25, 0.3) is 0 Å². The molecule has 0 radical (unpaired) electrons. The molecule has 3 N–H and O–H groups in total. The molecule has 0 amide bonds. The van der Waals surface area contributed by atoms with Crippen LogP contribution in [-0.2, 0) is 17.1 Å². The summed E-state index contributed by atoms with van der Waals surface area (Å²) in [4.78, 5) is 0.225. The molecule has 2 rings (SSSR count). The standard InChI is InChI=1S/C10H18N4O2S/c1-8-9(6-12-14(8)2)17(15,16)13-7-10(11)4-3-5-10/h6,13H,3-5,7,11H2,1-2H3. The van der Waals surface area contributed by atoms with Crippen molar-refractivity contribution >= 4 is 10.0 Å². The molecule has 1 fully saturated rings. The van der Waals surface area contributed by atoms with Gasteiger partial charge in [0.2, 0.25) is 10.0 Å². The quantitative estimate of drug-likeness (QED) is 0.788. The third-order valence-corrected chi connectivity index (χ3v) is 4.95. The number of nitrogens with one attached hydrogen (secondary N) is 1. The van der Waals surface area contributed by atoms with E-state index in [9.17, 15) is 8.42 Å². The van der Waals surface area contributed by atoms with Gasteiger partial charge in [0.1, 0.15) is 4.90 Å². The predicted molar refractivity (Wildman–Crippen MR) is 63.9 cm³/mol. The van der Waals surface area contributed by atoms with Gasteiger partial charge < -0.3 is 5.73 Å². The number of nitrogens with two attached hydrogens (primary N) is 1. The van der Waals surface area contributed by atoms with Crippen molar-refractivity contribution in [3.8, 4) is 0 Å². The van der Waals surface area contributed by atoms with Crippen LogP contribution < -0.4 is 10.5 Å². The molecule has 96 valence electrons. The summed E-state index contributed by atoms with van der Waals surface area (Å²) in [6.07, 6.45) is 4.19. The Balaban J connectivity index is 2.11. The second kappa shape index (κ2) is 4.08. The van der Waals surface area contributed by atoms with Crippen LogP contribution in [0.5, 0.6) is 0 Å². The molecule has 1 aromatic rings. The fraction of sp³-hybridized carbons (Fsp3) is 0.700. The Morgan fingerprint density at radius 3 is 2.65 bits per heavy atom. The van der Waals surface area contributed by atoms with E-state index in [-0.39, 0.29) is 10.4 Å². The number of aryl methyl sites for hydroxylation is 1. The Kier molecular flexibility index (Phi) is 3.01. The highest BCUT2D eigenvalue weighted by atomic mass is 32.2. The van der Waals surface area contributed by atoms with Gasteiger partial charge >= 0.3 is 0 Å². The molecule has 0 aliphatic heterocycles. The molecule has 0 bridgehead atoms. The number of hydrogen-bond acceptors (Lipinski definition) is 4. The highest BCUT2D eigenvalue weighted by Crippen LogP contribution is 2.28. The summed E-state index contributed by atoms with van der Waals surface area (Å²) in [5.41, 5.74) is 6.25. The van der Waals surface area contributed by atoms with Gasteiger partial charge in [0, 0.05) is 19.1 Å². The average molecular weight is 258 g/mol. The summed E-state index contributed by atoms with van der Waals surface area (Å²) in [5, 5.41) is 3.93. The Labute approximate surface area is 101 Å². The summed E-state index contributed by atoms with van der Waals surface area (Å²) in [5.74, 6) is 0. The summed E-state index contributed by atoms with van der Waals surface area (Å²) in [7, 11) is -1.78. The fourth-order valence-corrected chi connectivity index (χ4v) is 3.21. The van der Waals surface area contributed by atoms with Crippen molar-refractivity contribution in [2.45, 2.75) is 36.6 Å². The molecule has 0 atom stereocenters. The van der Waals surface area contributed by atoms with E-state index in [0.29, 0.717) is 12.2 Å².